The van der Waals surface area contributed by atoms with Crippen LogP contribution in [0.4, 0.5) is 4.39 Å². The largest absolute Gasteiger partial charge is 0.313 e. The summed E-state index contributed by atoms with van der Waals surface area (Å²) in [4.78, 5) is 0. The molecule has 2 fully saturated rings. The lowest BCUT2D eigenvalue weighted by molar-refractivity contribution is 0.227. The summed E-state index contributed by atoms with van der Waals surface area (Å²) in [6.07, 6.45) is 6.92. The lowest BCUT2D eigenvalue weighted by atomic mass is 9.66. The Bertz CT molecular complexity index is 456. The Morgan fingerprint density at radius 3 is 2.55 bits per heavy atom. The van der Waals surface area contributed by atoms with E-state index in [4.69, 9.17) is 11.6 Å². The van der Waals surface area contributed by atoms with E-state index in [-0.39, 0.29) is 11.2 Å². The number of rotatable bonds is 4. The van der Waals surface area contributed by atoms with Crippen LogP contribution in [0.25, 0.3) is 0 Å². The summed E-state index contributed by atoms with van der Waals surface area (Å²) in [5.74, 6) is 0.610. The van der Waals surface area contributed by atoms with Crippen molar-refractivity contribution in [1.29, 1.82) is 0 Å². The van der Waals surface area contributed by atoms with Gasteiger partial charge in [-0.05, 0) is 56.6 Å². The maximum absolute atomic E-state index is 14.4. The van der Waals surface area contributed by atoms with Gasteiger partial charge in [-0.15, -0.1) is 0 Å². The van der Waals surface area contributed by atoms with Crippen LogP contribution in [0.15, 0.2) is 18.2 Å². The van der Waals surface area contributed by atoms with Crippen LogP contribution in [-0.4, -0.2) is 12.6 Å². The first kappa shape index (κ1) is 14.3. The van der Waals surface area contributed by atoms with E-state index in [1.54, 1.807) is 12.1 Å². The lowest BCUT2D eigenvalue weighted by Gasteiger charge is -2.41. The molecule has 0 spiro atoms. The Morgan fingerprint density at radius 1 is 1.25 bits per heavy atom. The van der Waals surface area contributed by atoms with Crippen molar-refractivity contribution < 1.29 is 4.39 Å². The van der Waals surface area contributed by atoms with Crippen LogP contribution < -0.4 is 5.32 Å². The van der Waals surface area contributed by atoms with Crippen molar-refractivity contribution in [2.45, 2.75) is 56.9 Å². The molecule has 1 aromatic carbocycles. The van der Waals surface area contributed by atoms with Gasteiger partial charge in [0, 0.05) is 28.6 Å². The molecule has 0 aliphatic heterocycles. The van der Waals surface area contributed by atoms with Crippen molar-refractivity contribution in [3.05, 3.63) is 34.6 Å². The predicted octanol–water partition coefficient (Wildman–Crippen LogP) is 4.68. The van der Waals surface area contributed by atoms with E-state index >= 15 is 0 Å². The minimum absolute atomic E-state index is 0.114. The second-order valence-electron chi connectivity index (χ2n) is 6.71. The zero-order valence-corrected chi connectivity index (χ0v) is 12.8. The van der Waals surface area contributed by atoms with Gasteiger partial charge in [0.25, 0.3) is 0 Å². The Kier molecular flexibility index (Phi) is 4.05. The predicted molar refractivity (Wildman–Crippen MR) is 81.7 cm³/mol. The first-order chi connectivity index (χ1) is 9.61. The molecule has 0 radical (unpaired) electrons. The van der Waals surface area contributed by atoms with E-state index in [1.807, 2.05) is 6.07 Å². The number of nitrogens with one attached hydrogen (secondary N) is 1. The van der Waals surface area contributed by atoms with E-state index in [0.29, 0.717) is 11.1 Å². The highest BCUT2D eigenvalue weighted by molar-refractivity contribution is 6.31. The minimum Gasteiger partial charge on any atom is -0.313 e. The highest BCUT2D eigenvalue weighted by Crippen LogP contribution is 2.45. The molecular weight excluding hydrogens is 273 g/mol. The molecule has 1 aromatic rings. The monoisotopic (exact) mass is 295 g/mol. The fraction of sp³-hybridized carbons (Fsp3) is 0.647. The standard InChI is InChI=1S/C17H23ClFN/c1-12-7-9-17(10-8-12,11-20-13-5-6-13)16-14(18)3-2-4-15(16)19/h2-4,12-13,20H,5-11H2,1H3. The lowest BCUT2D eigenvalue weighted by Crippen LogP contribution is -2.42. The van der Waals surface area contributed by atoms with Gasteiger partial charge in [-0.1, -0.05) is 24.6 Å². The van der Waals surface area contributed by atoms with Crippen LogP contribution in [0, 0.1) is 11.7 Å². The third-order valence-electron chi connectivity index (χ3n) is 5.03. The van der Waals surface area contributed by atoms with Crippen molar-refractivity contribution in [2.75, 3.05) is 6.54 Å². The maximum Gasteiger partial charge on any atom is 0.128 e. The first-order valence-corrected chi connectivity index (χ1v) is 8.16. The van der Waals surface area contributed by atoms with E-state index < -0.39 is 0 Å². The average molecular weight is 296 g/mol. The maximum atomic E-state index is 14.4. The summed E-state index contributed by atoms with van der Waals surface area (Å²) in [6.45, 7) is 3.16. The van der Waals surface area contributed by atoms with Crippen LogP contribution in [0.5, 0.6) is 0 Å². The SMILES string of the molecule is CC1CCC(CNC2CC2)(c2c(F)cccc2Cl)CC1. The molecule has 110 valence electrons. The Morgan fingerprint density at radius 2 is 1.95 bits per heavy atom. The van der Waals surface area contributed by atoms with Gasteiger partial charge in [-0.3, -0.25) is 0 Å². The van der Waals surface area contributed by atoms with E-state index in [0.717, 1.165) is 43.7 Å². The fourth-order valence-electron chi connectivity index (χ4n) is 3.46. The summed E-state index contributed by atoms with van der Waals surface area (Å²) in [5.41, 5.74) is 0.638. The Hall–Kier alpha value is -0.600. The van der Waals surface area contributed by atoms with Gasteiger partial charge >= 0.3 is 0 Å². The highest BCUT2D eigenvalue weighted by atomic mass is 35.5. The second kappa shape index (κ2) is 5.65. The van der Waals surface area contributed by atoms with E-state index in [2.05, 4.69) is 12.2 Å². The van der Waals surface area contributed by atoms with Gasteiger partial charge in [-0.2, -0.15) is 0 Å². The molecule has 0 unspecified atom stereocenters. The van der Waals surface area contributed by atoms with Gasteiger partial charge in [0.2, 0.25) is 0 Å². The third-order valence-corrected chi connectivity index (χ3v) is 5.35. The van der Waals surface area contributed by atoms with Crippen molar-refractivity contribution in [3.63, 3.8) is 0 Å². The van der Waals surface area contributed by atoms with Gasteiger partial charge in [-0.25, -0.2) is 4.39 Å². The molecule has 2 aliphatic carbocycles. The quantitative estimate of drug-likeness (QED) is 0.850. The van der Waals surface area contributed by atoms with Gasteiger partial charge in [0.15, 0.2) is 0 Å². The number of hydrogen-bond donors (Lipinski definition) is 1. The molecule has 0 bridgehead atoms. The molecule has 1 N–H and O–H groups in total. The number of hydrogen-bond acceptors (Lipinski definition) is 1. The summed E-state index contributed by atoms with van der Waals surface area (Å²) in [6, 6.07) is 5.74. The topological polar surface area (TPSA) is 12.0 Å². The molecule has 0 aromatic heterocycles. The Labute approximate surface area is 125 Å². The summed E-state index contributed by atoms with van der Waals surface area (Å²) >= 11 is 6.35. The van der Waals surface area contributed by atoms with E-state index in [9.17, 15) is 4.39 Å². The molecule has 0 amide bonds. The zero-order chi connectivity index (χ0) is 14.2. The van der Waals surface area contributed by atoms with Gasteiger partial charge in [0.05, 0.1) is 0 Å². The summed E-state index contributed by atoms with van der Waals surface area (Å²) in [7, 11) is 0. The normalized spacial score (nSPS) is 30.4. The number of benzene rings is 1. The van der Waals surface area contributed by atoms with Crippen molar-refractivity contribution >= 4 is 11.6 Å². The van der Waals surface area contributed by atoms with Crippen molar-refractivity contribution in [3.8, 4) is 0 Å². The molecule has 0 saturated heterocycles. The molecule has 0 heterocycles. The molecule has 2 aliphatic rings. The van der Waals surface area contributed by atoms with Crippen LogP contribution >= 0.6 is 11.6 Å². The highest BCUT2D eigenvalue weighted by Gasteiger charge is 2.40. The van der Waals surface area contributed by atoms with Crippen molar-refractivity contribution in [2.24, 2.45) is 5.92 Å². The smallest absolute Gasteiger partial charge is 0.128 e. The minimum atomic E-state index is -0.135. The molecule has 1 nitrogen and oxygen atoms in total. The van der Waals surface area contributed by atoms with Crippen LogP contribution in [0.1, 0.15) is 51.0 Å². The fourth-order valence-corrected chi connectivity index (χ4v) is 3.82. The summed E-state index contributed by atoms with van der Waals surface area (Å²) in [5, 5.41) is 4.20. The molecule has 2 saturated carbocycles. The average Bonchev–Trinajstić information content (AvgIpc) is 3.23. The molecule has 0 atom stereocenters. The Balaban J connectivity index is 1.91. The van der Waals surface area contributed by atoms with Crippen LogP contribution in [0.3, 0.4) is 0 Å². The molecule has 3 rings (SSSR count). The van der Waals surface area contributed by atoms with Crippen LogP contribution in [-0.2, 0) is 5.41 Å². The first-order valence-electron chi connectivity index (χ1n) is 7.79. The molecule has 3 heteroatoms. The van der Waals surface area contributed by atoms with Gasteiger partial charge < -0.3 is 5.32 Å². The van der Waals surface area contributed by atoms with E-state index in [1.165, 1.54) is 12.8 Å². The second-order valence-corrected chi connectivity index (χ2v) is 7.12. The van der Waals surface area contributed by atoms with Gasteiger partial charge in [0.1, 0.15) is 5.82 Å². The summed E-state index contributed by atoms with van der Waals surface area (Å²) < 4.78 is 14.4. The van der Waals surface area contributed by atoms with Crippen LogP contribution in [0.2, 0.25) is 5.02 Å². The molecule has 20 heavy (non-hydrogen) atoms. The zero-order valence-electron chi connectivity index (χ0n) is 12.1. The molecular formula is C17H23ClFN. The number of halogens is 2. The third kappa shape index (κ3) is 2.87. The van der Waals surface area contributed by atoms with Crippen molar-refractivity contribution in [1.82, 2.24) is 5.32 Å².